The van der Waals surface area contributed by atoms with Gasteiger partial charge in [0.2, 0.25) is 0 Å². The summed E-state index contributed by atoms with van der Waals surface area (Å²) in [5.74, 6) is -0.616. The van der Waals surface area contributed by atoms with Crippen molar-refractivity contribution in [1.29, 1.82) is 0 Å². The molecule has 0 aliphatic carbocycles. The summed E-state index contributed by atoms with van der Waals surface area (Å²) in [5.41, 5.74) is 6.05. The molecule has 2 heterocycles. The molecule has 0 spiro atoms. The van der Waals surface area contributed by atoms with E-state index in [0.29, 0.717) is 43.3 Å². The number of nitrogens with zero attached hydrogens (tertiary/aromatic N) is 2. The van der Waals surface area contributed by atoms with Crippen molar-refractivity contribution in [2.75, 3.05) is 46.4 Å². The van der Waals surface area contributed by atoms with Crippen LogP contribution in [0.2, 0.25) is 0 Å². The monoisotopic (exact) mass is 483 g/mol. The standard InChI is InChI=1S/C19H29N3O4.2C2H4O2/c1-25-17-6-5-14(11-18(17)26-10-4-7-20)19(24)22-12-15(16(23)13-22)21-8-2-3-9-21;2*1-2(3)4/h5-6,11,15-16,23H,2-4,7-10,12-13,20H2,1H3;2*1H3,(H,3,4)/t15-,16-;;/m0../s1. The lowest BCUT2D eigenvalue weighted by Crippen LogP contribution is -2.41. The molecule has 0 bridgehead atoms. The molecule has 5 N–H and O–H groups in total. The first-order chi connectivity index (χ1) is 16.1. The van der Waals surface area contributed by atoms with E-state index in [0.717, 1.165) is 33.4 Å². The fraction of sp³-hybridized carbons (Fsp3) is 0.609. The van der Waals surface area contributed by atoms with E-state index >= 15 is 0 Å². The molecule has 11 heteroatoms. The average molecular weight is 484 g/mol. The Bertz CT molecular complexity index is 778. The summed E-state index contributed by atoms with van der Waals surface area (Å²) >= 11 is 0. The molecule has 11 nitrogen and oxygen atoms in total. The average Bonchev–Trinajstić information content (AvgIpc) is 3.42. The van der Waals surface area contributed by atoms with Gasteiger partial charge in [0.1, 0.15) is 0 Å². The van der Waals surface area contributed by atoms with Crippen LogP contribution >= 0.6 is 0 Å². The number of β-amino-alcohol motifs (C(OH)–C–C–N with tert-alkyl or cyclic N) is 1. The van der Waals surface area contributed by atoms with Gasteiger partial charge in [-0.15, -0.1) is 0 Å². The second kappa shape index (κ2) is 15.1. The highest BCUT2D eigenvalue weighted by atomic mass is 16.5. The van der Waals surface area contributed by atoms with E-state index in [1.54, 1.807) is 30.2 Å². The van der Waals surface area contributed by atoms with Crippen molar-refractivity contribution < 1.29 is 39.2 Å². The van der Waals surface area contributed by atoms with Crippen LogP contribution in [-0.4, -0.2) is 102 Å². The number of carboxylic acids is 2. The summed E-state index contributed by atoms with van der Waals surface area (Å²) in [4.78, 5) is 34.9. The van der Waals surface area contributed by atoms with Crippen LogP contribution in [0, 0.1) is 0 Å². The van der Waals surface area contributed by atoms with E-state index in [9.17, 15) is 9.90 Å². The summed E-state index contributed by atoms with van der Waals surface area (Å²) in [6.07, 6.45) is 2.57. The maximum Gasteiger partial charge on any atom is 0.300 e. The number of carbonyl (C=O) groups excluding carboxylic acids is 1. The van der Waals surface area contributed by atoms with Crippen molar-refractivity contribution in [2.24, 2.45) is 5.73 Å². The SMILES string of the molecule is CC(=O)O.CC(=O)O.COc1ccc(C(=O)N2C[C@H](O)[C@@H](N3CCCC3)C2)cc1OCCCN. The van der Waals surface area contributed by atoms with Crippen molar-refractivity contribution in [3.63, 3.8) is 0 Å². The molecular weight excluding hydrogens is 446 g/mol. The zero-order valence-electron chi connectivity index (χ0n) is 20.1. The number of carbonyl (C=O) groups is 3. The normalized spacial score (nSPS) is 19.4. The number of likely N-dealkylation sites (tertiary alicyclic amines) is 2. The topological polar surface area (TPSA) is 163 Å². The summed E-state index contributed by atoms with van der Waals surface area (Å²) < 4.78 is 11.0. The Morgan fingerprint density at radius 1 is 1.06 bits per heavy atom. The minimum absolute atomic E-state index is 0.0416. The molecule has 2 saturated heterocycles. The van der Waals surface area contributed by atoms with Crippen LogP contribution in [0.25, 0.3) is 0 Å². The number of benzene rings is 1. The van der Waals surface area contributed by atoms with Crippen LogP contribution in [0.15, 0.2) is 18.2 Å². The van der Waals surface area contributed by atoms with Crippen LogP contribution < -0.4 is 15.2 Å². The zero-order chi connectivity index (χ0) is 25.7. The highest BCUT2D eigenvalue weighted by Crippen LogP contribution is 2.30. The number of aliphatic hydroxyl groups excluding tert-OH is 1. The number of aliphatic carboxylic acids is 2. The molecule has 0 aromatic heterocycles. The van der Waals surface area contributed by atoms with Crippen LogP contribution in [0.1, 0.15) is 43.5 Å². The van der Waals surface area contributed by atoms with Gasteiger partial charge in [0.05, 0.1) is 25.9 Å². The first-order valence-corrected chi connectivity index (χ1v) is 11.2. The summed E-state index contributed by atoms with van der Waals surface area (Å²) in [7, 11) is 1.57. The maximum absolute atomic E-state index is 12.9. The summed E-state index contributed by atoms with van der Waals surface area (Å²) in [6.45, 7) is 6.14. The molecule has 2 atom stereocenters. The van der Waals surface area contributed by atoms with E-state index in [2.05, 4.69) is 4.90 Å². The van der Waals surface area contributed by atoms with Gasteiger partial charge in [-0.05, 0) is 57.1 Å². The number of methoxy groups -OCH3 is 1. The van der Waals surface area contributed by atoms with Gasteiger partial charge < -0.3 is 35.4 Å². The third kappa shape index (κ3) is 9.94. The highest BCUT2D eigenvalue weighted by Gasteiger charge is 2.38. The van der Waals surface area contributed by atoms with Crippen molar-refractivity contribution in [2.45, 2.75) is 45.3 Å². The molecule has 1 aromatic rings. The quantitative estimate of drug-likeness (QED) is 0.410. The molecule has 0 radical (unpaired) electrons. The molecule has 3 rings (SSSR count). The van der Waals surface area contributed by atoms with Crippen molar-refractivity contribution in [3.05, 3.63) is 23.8 Å². The molecule has 0 unspecified atom stereocenters. The molecule has 2 aliphatic rings. The molecule has 34 heavy (non-hydrogen) atoms. The van der Waals surface area contributed by atoms with Crippen LogP contribution in [0.4, 0.5) is 0 Å². The summed E-state index contributed by atoms with van der Waals surface area (Å²) in [5, 5.41) is 25.2. The van der Waals surface area contributed by atoms with Gasteiger partial charge in [-0.25, -0.2) is 0 Å². The molecule has 1 aromatic carbocycles. The van der Waals surface area contributed by atoms with E-state index < -0.39 is 18.0 Å². The Morgan fingerprint density at radius 3 is 2.18 bits per heavy atom. The fourth-order valence-corrected chi connectivity index (χ4v) is 3.74. The predicted molar refractivity (Wildman–Crippen MR) is 125 cm³/mol. The number of aliphatic hydroxyl groups is 1. The number of rotatable bonds is 7. The highest BCUT2D eigenvalue weighted by molar-refractivity contribution is 5.95. The Labute approximate surface area is 200 Å². The van der Waals surface area contributed by atoms with E-state index in [4.69, 9.17) is 35.0 Å². The second-order valence-electron chi connectivity index (χ2n) is 7.98. The van der Waals surface area contributed by atoms with Crippen LogP contribution in [-0.2, 0) is 9.59 Å². The maximum atomic E-state index is 12.9. The van der Waals surface area contributed by atoms with Gasteiger partial charge in [-0.2, -0.15) is 0 Å². The third-order valence-electron chi connectivity index (χ3n) is 5.17. The Kier molecular flexibility index (Phi) is 12.9. The van der Waals surface area contributed by atoms with E-state index in [1.165, 1.54) is 12.8 Å². The Morgan fingerprint density at radius 2 is 1.65 bits per heavy atom. The lowest BCUT2D eigenvalue weighted by molar-refractivity contribution is -0.135. The van der Waals surface area contributed by atoms with Crippen LogP contribution in [0.3, 0.4) is 0 Å². The lowest BCUT2D eigenvalue weighted by Gasteiger charge is -2.25. The van der Waals surface area contributed by atoms with Gasteiger partial charge in [-0.3, -0.25) is 19.3 Å². The number of amides is 1. The molecular formula is C23H37N3O8. The van der Waals surface area contributed by atoms with Gasteiger partial charge >= 0.3 is 0 Å². The minimum Gasteiger partial charge on any atom is -0.493 e. The number of hydrogen-bond donors (Lipinski definition) is 4. The van der Waals surface area contributed by atoms with Gasteiger partial charge in [-0.1, -0.05) is 0 Å². The predicted octanol–water partition coefficient (Wildman–Crippen LogP) is 0.886. The van der Waals surface area contributed by atoms with Gasteiger partial charge in [0, 0.05) is 32.5 Å². The Balaban J connectivity index is 0.000000629. The fourth-order valence-electron chi connectivity index (χ4n) is 3.74. The molecule has 2 aliphatic heterocycles. The van der Waals surface area contributed by atoms with Crippen molar-refractivity contribution >= 4 is 17.8 Å². The smallest absolute Gasteiger partial charge is 0.300 e. The number of carboxylic acid groups (broad SMARTS) is 2. The summed E-state index contributed by atoms with van der Waals surface area (Å²) in [6, 6.07) is 5.25. The molecule has 0 saturated carbocycles. The number of nitrogens with two attached hydrogens (primary N) is 1. The van der Waals surface area contributed by atoms with Crippen molar-refractivity contribution in [3.8, 4) is 11.5 Å². The van der Waals surface area contributed by atoms with Gasteiger partial charge in [0.25, 0.3) is 17.8 Å². The second-order valence-corrected chi connectivity index (χ2v) is 7.98. The first kappa shape index (κ1) is 29.1. The van der Waals surface area contributed by atoms with Gasteiger partial charge in [0.15, 0.2) is 11.5 Å². The first-order valence-electron chi connectivity index (χ1n) is 11.2. The molecule has 1 amide bonds. The minimum atomic E-state index is -0.833. The Hall–Kier alpha value is -2.89. The third-order valence-corrected chi connectivity index (χ3v) is 5.17. The number of hydrogen-bond acceptors (Lipinski definition) is 8. The van der Waals surface area contributed by atoms with E-state index in [-0.39, 0.29) is 11.9 Å². The lowest BCUT2D eigenvalue weighted by atomic mass is 10.1. The molecule has 192 valence electrons. The number of ether oxygens (including phenoxy) is 2. The molecule has 2 fully saturated rings. The van der Waals surface area contributed by atoms with Crippen LogP contribution in [0.5, 0.6) is 11.5 Å². The largest absolute Gasteiger partial charge is 0.493 e. The zero-order valence-corrected chi connectivity index (χ0v) is 20.1. The van der Waals surface area contributed by atoms with E-state index in [1.807, 2.05) is 0 Å². The van der Waals surface area contributed by atoms with Crippen molar-refractivity contribution in [1.82, 2.24) is 9.80 Å².